The van der Waals surface area contributed by atoms with E-state index in [-0.39, 0.29) is 17.6 Å². The number of anilines is 1. The first-order chi connectivity index (χ1) is 17.4. The number of hydrogen-bond donors (Lipinski definition) is 1. The van der Waals surface area contributed by atoms with Crippen LogP contribution in [0.25, 0.3) is 5.69 Å². The van der Waals surface area contributed by atoms with E-state index in [4.69, 9.17) is 5.10 Å². The van der Waals surface area contributed by atoms with Gasteiger partial charge in [0.1, 0.15) is 17.7 Å². The third-order valence-corrected chi connectivity index (χ3v) is 6.93. The number of amides is 2. The molecule has 1 N–H and O–H groups in total. The van der Waals surface area contributed by atoms with Crippen molar-refractivity contribution >= 4 is 33.6 Å². The fourth-order valence-electron chi connectivity index (χ4n) is 4.82. The molecule has 5 rings (SSSR count). The van der Waals surface area contributed by atoms with E-state index in [9.17, 15) is 14.0 Å². The quantitative estimate of drug-likeness (QED) is 0.365. The summed E-state index contributed by atoms with van der Waals surface area (Å²) < 4.78 is 16.4. The van der Waals surface area contributed by atoms with Crippen molar-refractivity contribution in [2.75, 3.05) is 11.4 Å². The molecule has 0 radical (unpaired) electrons. The van der Waals surface area contributed by atoms with Crippen LogP contribution >= 0.6 is 15.9 Å². The van der Waals surface area contributed by atoms with E-state index in [0.717, 1.165) is 27.0 Å². The van der Waals surface area contributed by atoms with Gasteiger partial charge in [0.15, 0.2) is 0 Å². The minimum Gasteiger partial charge on any atom is -0.339 e. The Hall–Kier alpha value is -3.78. The van der Waals surface area contributed by atoms with E-state index >= 15 is 0 Å². The van der Waals surface area contributed by atoms with Gasteiger partial charge in [-0.2, -0.15) is 5.10 Å². The smallest absolute Gasteiger partial charge is 0.251 e. The molecule has 0 saturated carbocycles. The number of likely N-dealkylation sites (N-methyl/N-ethyl adjacent to an activating group) is 1. The molecule has 4 aromatic rings. The van der Waals surface area contributed by atoms with Crippen LogP contribution in [0.5, 0.6) is 0 Å². The van der Waals surface area contributed by atoms with E-state index in [1.165, 1.54) is 12.1 Å². The standard InChI is InChI=1S/C28H24BrFN4O2/c1-3-33-27-23(17(2)32-34(27)22-10-5-4-6-11-22)24(18-12-14-21(30)15-13-18)25(28(33)36)31-26(35)19-8-7-9-20(29)16-19/h4-16,24-25H,3H2,1-2H3,(H,31,35). The number of carbonyl (C=O) groups is 2. The highest BCUT2D eigenvalue weighted by Crippen LogP contribution is 2.43. The second-order valence-electron chi connectivity index (χ2n) is 8.64. The molecule has 2 atom stereocenters. The van der Waals surface area contributed by atoms with Gasteiger partial charge in [0.25, 0.3) is 11.8 Å². The lowest BCUT2D eigenvalue weighted by atomic mass is 9.81. The first kappa shape index (κ1) is 23.9. The summed E-state index contributed by atoms with van der Waals surface area (Å²) in [5.74, 6) is -0.880. The molecule has 36 heavy (non-hydrogen) atoms. The van der Waals surface area contributed by atoms with E-state index in [2.05, 4.69) is 21.2 Å². The Kier molecular flexibility index (Phi) is 6.45. The van der Waals surface area contributed by atoms with Crippen molar-refractivity contribution < 1.29 is 14.0 Å². The van der Waals surface area contributed by atoms with Gasteiger partial charge in [0, 0.05) is 28.1 Å². The third kappa shape index (κ3) is 4.22. The van der Waals surface area contributed by atoms with Crippen LogP contribution in [-0.2, 0) is 4.79 Å². The number of aryl methyl sites for hydroxylation is 1. The van der Waals surface area contributed by atoms with Crippen LogP contribution in [0.15, 0.2) is 83.3 Å². The minimum atomic E-state index is -0.901. The van der Waals surface area contributed by atoms with E-state index in [1.807, 2.05) is 50.2 Å². The highest BCUT2D eigenvalue weighted by Gasteiger charge is 2.45. The Balaban J connectivity index is 1.68. The molecule has 1 aliphatic rings. The van der Waals surface area contributed by atoms with Crippen LogP contribution in [0, 0.1) is 12.7 Å². The molecule has 0 bridgehead atoms. The molecule has 2 unspecified atom stereocenters. The number of fused-ring (bicyclic) bond motifs is 1. The lowest BCUT2D eigenvalue weighted by molar-refractivity contribution is -0.121. The number of carbonyl (C=O) groups excluding carboxylic acids is 2. The monoisotopic (exact) mass is 546 g/mol. The molecule has 1 aliphatic heterocycles. The first-order valence-electron chi connectivity index (χ1n) is 11.7. The first-order valence-corrected chi connectivity index (χ1v) is 12.5. The second kappa shape index (κ2) is 9.70. The van der Waals surface area contributed by atoms with Gasteiger partial charge in [-0.3, -0.25) is 14.5 Å². The van der Waals surface area contributed by atoms with Gasteiger partial charge < -0.3 is 5.32 Å². The Bertz CT molecular complexity index is 1440. The van der Waals surface area contributed by atoms with Crippen molar-refractivity contribution in [1.29, 1.82) is 0 Å². The maximum Gasteiger partial charge on any atom is 0.251 e. The Morgan fingerprint density at radius 1 is 1.06 bits per heavy atom. The lowest BCUT2D eigenvalue weighted by Gasteiger charge is -2.38. The summed E-state index contributed by atoms with van der Waals surface area (Å²) in [7, 11) is 0. The molecule has 0 fully saturated rings. The predicted octanol–water partition coefficient (Wildman–Crippen LogP) is 5.38. The number of para-hydroxylation sites is 1. The Labute approximate surface area is 216 Å². The molecule has 6 nitrogen and oxygen atoms in total. The van der Waals surface area contributed by atoms with Crippen molar-refractivity contribution in [3.8, 4) is 5.69 Å². The van der Waals surface area contributed by atoms with Gasteiger partial charge in [-0.25, -0.2) is 9.07 Å². The molecule has 0 aliphatic carbocycles. The van der Waals surface area contributed by atoms with E-state index < -0.39 is 12.0 Å². The van der Waals surface area contributed by atoms with Crippen LogP contribution in [0.2, 0.25) is 0 Å². The summed E-state index contributed by atoms with van der Waals surface area (Å²) in [6.45, 7) is 4.18. The third-order valence-electron chi connectivity index (χ3n) is 6.43. The number of aromatic nitrogens is 2. The van der Waals surface area contributed by atoms with Crippen LogP contribution in [0.1, 0.15) is 40.0 Å². The molecule has 0 spiro atoms. The SMILES string of the molecule is CCN1C(=O)C(NC(=O)c2cccc(Br)c2)C(c2ccc(F)cc2)c2c(C)nn(-c3ccccc3)c21. The average Bonchev–Trinajstić information content (AvgIpc) is 3.22. The molecular formula is C28H24BrFN4O2. The van der Waals surface area contributed by atoms with Crippen molar-refractivity contribution in [3.63, 3.8) is 0 Å². The van der Waals surface area contributed by atoms with Crippen LogP contribution < -0.4 is 10.2 Å². The maximum absolute atomic E-state index is 14.0. The summed E-state index contributed by atoms with van der Waals surface area (Å²) in [5.41, 5.74) is 3.53. The van der Waals surface area contributed by atoms with Gasteiger partial charge >= 0.3 is 0 Å². The molecule has 2 heterocycles. The predicted molar refractivity (Wildman–Crippen MR) is 140 cm³/mol. The highest BCUT2D eigenvalue weighted by atomic mass is 79.9. The summed E-state index contributed by atoms with van der Waals surface area (Å²) in [5, 5.41) is 7.78. The van der Waals surface area contributed by atoms with Crippen molar-refractivity contribution in [1.82, 2.24) is 15.1 Å². The fraction of sp³-hybridized carbons (Fsp3) is 0.179. The molecule has 2 amide bonds. The number of rotatable bonds is 5. The van der Waals surface area contributed by atoms with E-state index in [0.29, 0.717) is 17.9 Å². The number of benzene rings is 3. The lowest BCUT2D eigenvalue weighted by Crippen LogP contribution is -2.55. The van der Waals surface area contributed by atoms with E-state index in [1.54, 1.807) is 39.9 Å². The Morgan fingerprint density at radius 3 is 2.44 bits per heavy atom. The number of hydrogen-bond acceptors (Lipinski definition) is 3. The number of nitrogens with zero attached hydrogens (tertiary/aromatic N) is 3. The maximum atomic E-state index is 14.0. The summed E-state index contributed by atoms with van der Waals surface area (Å²) in [6.07, 6.45) is 0. The average molecular weight is 547 g/mol. The van der Waals surface area contributed by atoms with Gasteiger partial charge in [0.2, 0.25) is 0 Å². The molecular weight excluding hydrogens is 523 g/mol. The molecule has 1 aromatic heterocycles. The topological polar surface area (TPSA) is 67.2 Å². The van der Waals surface area contributed by atoms with Gasteiger partial charge in [0.05, 0.1) is 11.4 Å². The van der Waals surface area contributed by atoms with Crippen molar-refractivity contribution in [2.24, 2.45) is 0 Å². The molecule has 3 aromatic carbocycles. The molecule has 8 heteroatoms. The van der Waals surface area contributed by atoms with Crippen molar-refractivity contribution in [3.05, 3.63) is 112 Å². The summed E-state index contributed by atoms with van der Waals surface area (Å²) in [6, 6.07) is 21.8. The summed E-state index contributed by atoms with van der Waals surface area (Å²) >= 11 is 3.40. The zero-order chi connectivity index (χ0) is 25.4. The zero-order valence-electron chi connectivity index (χ0n) is 19.8. The second-order valence-corrected chi connectivity index (χ2v) is 9.56. The molecule has 0 saturated heterocycles. The Morgan fingerprint density at radius 2 is 1.78 bits per heavy atom. The van der Waals surface area contributed by atoms with Gasteiger partial charge in [-0.1, -0.05) is 52.3 Å². The number of nitrogens with one attached hydrogen (secondary N) is 1. The van der Waals surface area contributed by atoms with Crippen molar-refractivity contribution in [2.45, 2.75) is 25.8 Å². The zero-order valence-corrected chi connectivity index (χ0v) is 21.4. The van der Waals surface area contributed by atoms with Crippen LogP contribution in [0.3, 0.4) is 0 Å². The fourth-order valence-corrected chi connectivity index (χ4v) is 5.22. The van der Waals surface area contributed by atoms with Gasteiger partial charge in [-0.15, -0.1) is 0 Å². The van der Waals surface area contributed by atoms with Gasteiger partial charge in [-0.05, 0) is 61.9 Å². The molecule has 182 valence electrons. The van der Waals surface area contributed by atoms with Crippen LogP contribution in [0.4, 0.5) is 10.2 Å². The minimum absolute atomic E-state index is 0.250. The normalized spacial score (nSPS) is 17.1. The largest absolute Gasteiger partial charge is 0.339 e. The number of halogens is 2. The van der Waals surface area contributed by atoms with Crippen LogP contribution in [-0.4, -0.2) is 34.2 Å². The highest BCUT2D eigenvalue weighted by molar-refractivity contribution is 9.10. The summed E-state index contributed by atoms with van der Waals surface area (Å²) in [4.78, 5) is 28.9.